The zero-order valence-corrected chi connectivity index (χ0v) is 11.3. The molecule has 0 radical (unpaired) electrons. The molecule has 0 saturated carbocycles. The molecule has 3 N–H and O–H groups in total. The monoisotopic (exact) mass is 324 g/mol. The van der Waals surface area contributed by atoms with E-state index in [-0.39, 0.29) is 5.56 Å². The van der Waals surface area contributed by atoms with Crippen LogP contribution in [0.15, 0.2) is 30.4 Å². The van der Waals surface area contributed by atoms with Gasteiger partial charge in [0.15, 0.2) is 0 Å². The maximum atomic E-state index is 13.5. The smallest absolute Gasteiger partial charge is 0.428 e. The van der Waals surface area contributed by atoms with Crippen molar-refractivity contribution in [2.24, 2.45) is 5.73 Å². The molecule has 0 aliphatic carbocycles. The molecule has 4 nitrogen and oxygen atoms in total. The second-order valence-corrected chi connectivity index (χ2v) is 4.20. The van der Waals surface area contributed by atoms with Gasteiger partial charge in [-0.05, 0) is 24.6 Å². The number of carbonyl (C=O) groups is 1. The maximum absolute atomic E-state index is 13.5. The zero-order valence-electron chi connectivity index (χ0n) is 11.3. The molecule has 1 rings (SSSR count). The molecule has 2 amide bonds. The Balaban J connectivity index is 3.14. The number of allylic oxidation sites excluding steroid dienone is 1. The third-order valence-corrected chi connectivity index (χ3v) is 2.44. The first kappa shape index (κ1) is 17.7. The van der Waals surface area contributed by atoms with E-state index in [1.54, 1.807) is 6.92 Å². The second kappa shape index (κ2) is 7.10. The van der Waals surface area contributed by atoms with E-state index in [9.17, 15) is 26.7 Å². The first-order valence-electron chi connectivity index (χ1n) is 6.00. The van der Waals surface area contributed by atoms with Crippen LogP contribution in [0.25, 0.3) is 0 Å². The highest BCUT2D eigenvalue weighted by atomic mass is 19.3. The van der Waals surface area contributed by atoms with Crippen molar-refractivity contribution in [1.29, 1.82) is 0 Å². The second-order valence-electron chi connectivity index (χ2n) is 4.20. The Bertz CT molecular complexity index is 563. The molecule has 1 unspecified atom stereocenters. The van der Waals surface area contributed by atoms with Gasteiger partial charge in [0, 0.05) is 6.07 Å². The van der Waals surface area contributed by atoms with E-state index in [2.05, 4.69) is 10.1 Å². The van der Waals surface area contributed by atoms with Gasteiger partial charge in [-0.3, -0.25) is 0 Å². The summed E-state index contributed by atoms with van der Waals surface area (Å²) in [6, 6.07) is 0.485. The summed E-state index contributed by atoms with van der Waals surface area (Å²) in [6.07, 6.45) is -5.94. The molecule has 0 aromatic heterocycles. The summed E-state index contributed by atoms with van der Waals surface area (Å²) in [5, 5.41) is 2.23. The topological polar surface area (TPSA) is 64.3 Å². The number of urea groups is 1. The highest BCUT2D eigenvalue weighted by molar-refractivity contribution is 5.72. The maximum Gasteiger partial charge on any atom is 0.461 e. The molecule has 0 saturated heterocycles. The lowest BCUT2D eigenvalue weighted by molar-refractivity contribution is -0.253. The Labute approximate surface area is 122 Å². The molecule has 1 aromatic rings. The van der Waals surface area contributed by atoms with Crippen LogP contribution in [0.1, 0.15) is 18.5 Å². The first-order valence-corrected chi connectivity index (χ1v) is 6.00. The number of carbonyl (C=O) groups excluding carboxylic acids is 1. The van der Waals surface area contributed by atoms with Gasteiger partial charge in [0.2, 0.25) is 0 Å². The molecule has 0 aliphatic heterocycles. The lowest BCUT2D eigenvalue weighted by atomic mass is 10.1. The van der Waals surface area contributed by atoms with Crippen molar-refractivity contribution >= 4 is 6.03 Å². The van der Waals surface area contributed by atoms with E-state index in [1.165, 1.54) is 12.2 Å². The van der Waals surface area contributed by atoms with Crippen LogP contribution < -0.4 is 15.8 Å². The van der Waals surface area contributed by atoms with E-state index in [4.69, 9.17) is 5.73 Å². The predicted octanol–water partition coefficient (Wildman–Crippen LogP) is 3.35. The molecule has 0 spiro atoms. The summed E-state index contributed by atoms with van der Waals surface area (Å²) < 4.78 is 67.2. The third kappa shape index (κ3) is 4.90. The molecule has 0 heterocycles. The van der Waals surface area contributed by atoms with Crippen LogP contribution in [-0.2, 0) is 0 Å². The number of halogens is 5. The fraction of sp³-hybridized carbons (Fsp3) is 0.308. The van der Waals surface area contributed by atoms with Gasteiger partial charge in [-0.15, -0.1) is 0 Å². The minimum Gasteiger partial charge on any atom is -0.428 e. The summed E-state index contributed by atoms with van der Waals surface area (Å²) in [7, 11) is 0. The third-order valence-electron chi connectivity index (χ3n) is 2.44. The van der Waals surface area contributed by atoms with Crippen molar-refractivity contribution in [2.75, 3.05) is 0 Å². The van der Waals surface area contributed by atoms with Gasteiger partial charge in [-0.2, -0.15) is 17.6 Å². The average molecular weight is 324 g/mol. The number of hydrogen-bond donors (Lipinski definition) is 2. The number of nitrogens with one attached hydrogen (secondary N) is 1. The SMILES string of the molecule is C/C=C/C(NC(N)=O)c1cc(F)cc(OC(F)(F)C(F)F)c1. The molecule has 0 bridgehead atoms. The van der Waals surface area contributed by atoms with Gasteiger partial charge in [0.05, 0.1) is 6.04 Å². The summed E-state index contributed by atoms with van der Waals surface area (Å²) in [6.45, 7) is 1.59. The fourth-order valence-electron chi connectivity index (χ4n) is 1.61. The van der Waals surface area contributed by atoms with Crippen LogP contribution in [-0.4, -0.2) is 18.6 Å². The summed E-state index contributed by atoms with van der Waals surface area (Å²) in [5.41, 5.74) is 4.95. The number of ether oxygens (including phenoxy) is 1. The zero-order chi connectivity index (χ0) is 16.9. The predicted molar refractivity (Wildman–Crippen MR) is 68.3 cm³/mol. The van der Waals surface area contributed by atoms with Crippen LogP contribution in [0.4, 0.5) is 26.7 Å². The molecule has 0 fully saturated rings. The van der Waals surface area contributed by atoms with Gasteiger partial charge in [-0.25, -0.2) is 9.18 Å². The molecular weight excluding hydrogens is 311 g/mol. The fourth-order valence-corrected chi connectivity index (χ4v) is 1.61. The lowest BCUT2D eigenvalue weighted by Gasteiger charge is -2.19. The number of alkyl halides is 4. The van der Waals surface area contributed by atoms with E-state index >= 15 is 0 Å². The van der Waals surface area contributed by atoms with Crippen LogP contribution >= 0.6 is 0 Å². The van der Waals surface area contributed by atoms with Gasteiger partial charge in [0.25, 0.3) is 0 Å². The summed E-state index contributed by atoms with van der Waals surface area (Å²) >= 11 is 0. The minimum atomic E-state index is -4.77. The van der Waals surface area contributed by atoms with Crippen molar-refractivity contribution in [1.82, 2.24) is 5.32 Å². The van der Waals surface area contributed by atoms with Crippen LogP contribution in [0.5, 0.6) is 5.75 Å². The summed E-state index contributed by atoms with van der Waals surface area (Å²) in [5.74, 6) is -1.81. The van der Waals surface area contributed by atoms with E-state index in [0.29, 0.717) is 6.07 Å². The molecular formula is C13H13F5N2O2. The number of hydrogen-bond acceptors (Lipinski definition) is 2. The van der Waals surface area contributed by atoms with Gasteiger partial charge in [-0.1, -0.05) is 12.2 Å². The van der Waals surface area contributed by atoms with Crippen LogP contribution in [0.3, 0.4) is 0 Å². The normalized spacial score (nSPS) is 13.4. The standard InChI is InChI=1S/C13H13F5N2O2/c1-2-3-10(20-12(19)21)7-4-8(14)6-9(5-7)22-13(17,18)11(15)16/h2-6,10-11H,1H3,(H3,19,20,21)/b3-2+. The first-order chi connectivity index (χ1) is 10.2. The Hall–Kier alpha value is -2.32. The van der Waals surface area contributed by atoms with Crippen molar-refractivity contribution in [3.63, 3.8) is 0 Å². The van der Waals surface area contributed by atoms with Gasteiger partial charge < -0.3 is 15.8 Å². The van der Waals surface area contributed by atoms with Gasteiger partial charge >= 0.3 is 18.6 Å². The van der Waals surface area contributed by atoms with Crippen LogP contribution in [0, 0.1) is 5.82 Å². The highest BCUT2D eigenvalue weighted by Crippen LogP contribution is 2.30. The van der Waals surface area contributed by atoms with Gasteiger partial charge in [0.1, 0.15) is 11.6 Å². The van der Waals surface area contributed by atoms with Crippen molar-refractivity contribution in [3.05, 3.63) is 41.7 Å². The number of nitrogens with two attached hydrogens (primary N) is 1. The Morgan fingerprint density at radius 2 is 2.00 bits per heavy atom. The average Bonchev–Trinajstić information content (AvgIpc) is 2.36. The largest absolute Gasteiger partial charge is 0.461 e. The van der Waals surface area contributed by atoms with E-state index in [1.807, 2.05) is 0 Å². The minimum absolute atomic E-state index is 0.00281. The van der Waals surface area contributed by atoms with Crippen molar-refractivity contribution in [2.45, 2.75) is 25.5 Å². The van der Waals surface area contributed by atoms with Crippen molar-refractivity contribution < 1.29 is 31.5 Å². The van der Waals surface area contributed by atoms with E-state index < -0.39 is 36.2 Å². The Kier molecular flexibility index (Phi) is 5.72. The lowest BCUT2D eigenvalue weighted by Crippen LogP contribution is -2.34. The molecule has 22 heavy (non-hydrogen) atoms. The molecule has 9 heteroatoms. The Morgan fingerprint density at radius 3 is 2.50 bits per heavy atom. The molecule has 0 aliphatic rings. The molecule has 1 aromatic carbocycles. The van der Waals surface area contributed by atoms with E-state index in [0.717, 1.165) is 12.1 Å². The molecule has 122 valence electrons. The number of primary amides is 1. The number of rotatable bonds is 6. The quantitative estimate of drug-likeness (QED) is 0.622. The van der Waals surface area contributed by atoms with Crippen molar-refractivity contribution in [3.8, 4) is 5.75 Å². The Morgan fingerprint density at radius 1 is 1.36 bits per heavy atom. The number of benzene rings is 1. The highest BCUT2D eigenvalue weighted by Gasteiger charge is 2.44. The number of amides is 2. The van der Waals surface area contributed by atoms with Crippen LogP contribution in [0.2, 0.25) is 0 Å². The molecule has 1 atom stereocenters. The summed E-state index contributed by atoms with van der Waals surface area (Å²) in [4.78, 5) is 10.9.